The van der Waals surface area contributed by atoms with Crippen molar-refractivity contribution in [3.05, 3.63) is 77.4 Å². The molecule has 0 bridgehead atoms. The molecule has 2 N–H and O–H groups in total. The van der Waals surface area contributed by atoms with Gasteiger partial charge < -0.3 is 38.6 Å². The summed E-state index contributed by atoms with van der Waals surface area (Å²) in [5, 5.41) is 20.2. The van der Waals surface area contributed by atoms with Crippen molar-refractivity contribution >= 4 is 26.1 Å². The normalized spacial score (nSPS) is 19.9. The average molecular weight is 671 g/mol. The third-order valence-corrected chi connectivity index (χ3v) is 9.31. The number of ether oxygens (including phenoxy) is 6. The number of esters is 1. The Morgan fingerprint density at radius 1 is 1.04 bits per heavy atom. The van der Waals surface area contributed by atoms with E-state index in [-0.39, 0.29) is 24.0 Å². The molecule has 0 aliphatic carbocycles. The Hall–Kier alpha value is -3.48. The zero-order chi connectivity index (χ0) is 34.8. The van der Waals surface area contributed by atoms with E-state index in [1.807, 2.05) is 13.0 Å². The Labute approximate surface area is 279 Å². The summed E-state index contributed by atoms with van der Waals surface area (Å²) in [6, 6.07) is 12.9. The second-order valence-electron chi connectivity index (χ2n) is 13.4. The van der Waals surface area contributed by atoms with Crippen molar-refractivity contribution in [2.45, 2.75) is 90.0 Å². The van der Waals surface area contributed by atoms with E-state index in [4.69, 9.17) is 28.4 Å². The van der Waals surface area contributed by atoms with Crippen LogP contribution in [0.1, 0.15) is 60.4 Å². The maximum Gasteiger partial charge on any atom is 0.340 e. The summed E-state index contributed by atoms with van der Waals surface area (Å²) in [5.41, 5.74) is 0.756. The molecule has 10 nitrogen and oxygen atoms in total. The van der Waals surface area contributed by atoms with Gasteiger partial charge in [-0.05, 0) is 69.0 Å². The first-order chi connectivity index (χ1) is 22.1. The maximum absolute atomic E-state index is 13.1. The number of carbonyl (C=O) groups excluding carboxylic acids is 1. The van der Waals surface area contributed by atoms with Crippen LogP contribution in [0.25, 0.3) is 6.08 Å². The molecule has 0 saturated carbocycles. The minimum atomic E-state index is -1.36. The van der Waals surface area contributed by atoms with Gasteiger partial charge in [0.25, 0.3) is 0 Å². The molecule has 5 atom stereocenters. The maximum atomic E-state index is 13.1. The number of hydrogen-bond donors (Lipinski definition) is 2. The lowest BCUT2D eigenvalue weighted by Crippen LogP contribution is -2.37. The highest BCUT2D eigenvalue weighted by Crippen LogP contribution is 2.35. The molecule has 0 amide bonds. The van der Waals surface area contributed by atoms with Crippen LogP contribution in [0.5, 0.6) is 11.5 Å². The Kier molecular flexibility index (Phi) is 13.8. The van der Waals surface area contributed by atoms with E-state index in [9.17, 15) is 19.8 Å². The molecule has 1 aliphatic heterocycles. The van der Waals surface area contributed by atoms with Crippen molar-refractivity contribution < 1.29 is 48.2 Å². The molecule has 2 aromatic carbocycles. The molecule has 2 unspecified atom stereocenters. The number of aromatic carboxylic acids is 1. The molecule has 0 radical (unpaired) electrons. The first-order valence-electron chi connectivity index (χ1n) is 15.9. The fourth-order valence-corrected chi connectivity index (χ4v) is 5.56. The minimum absolute atomic E-state index is 0.0268. The Morgan fingerprint density at radius 2 is 1.74 bits per heavy atom. The van der Waals surface area contributed by atoms with Crippen LogP contribution >= 0.6 is 0 Å². The molecule has 1 heterocycles. The molecule has 1 saturated heterocycles. The Morgan fingerprint density at radius 3 is 2.36 bits per heavy atom. The Bertz CT molecular complexity index is 1380. The van der Waals surface area contributed by atoms with E-state index in [0.717, 1.165) is 6.04 Å². The highest BCUT2D eigenvalue weighted by molar-refractivity contribution is 6.76. The molecule has 1 aliphatic rings. The van der Waals surface area contributed by atoms with E-state index in [2.05, 4.69) is 19.6 Å². The van der Waals surface area contributed by atoms with Crippen molar-refractivity contribution in [3.8, 4) is 11.5 Å². The Balaban J connectivity index is 1.93. The third kappa shape index (κ3) is 11.9. The van der Waals surface area contributed by atoms with Crippen LogP contribution in [0.4, 0.5) is 0 Å². The fourth-order valence-electron chi connectivity index (χ4n) is 4.85. The second-order valence-corrected chi connectivity index (χ2v) is 19.0. The van der Waals surface area contributed by atoms with Gasteiger partial charge >= 0.3 is 11.9 Å². The zero-order valence-electron chi connectivity index (χ0n) is 28.7. The first kappa shape index (κ1) is 38.0. The van der Waals surface area contributed by atoms with Crippen LogP contribution in [0, 0.1) is 5.92 Å². The number of carboxylic acid groups (broad SMARTS) is 1. The van der Waals surface area contributed by atoms with Gasteiger partial charge in [0, 0.05) is 21.3 Å². The van der Waals surface area contributed by atoms with Crippen molar-refractivity contribution in [3.63, 3.8) is 0 Å². The van der Waals surface area contributed by atoms with E-state index < -0.39 is 50.2 Å². The molecule has 3 rings (SSSR count). The van der Waals surface area contributed by atoms with Crippen molar-refractivity contribution in [2.24, 2.45) is 5.92 Å². The van der Waals surface area contributed by atoms with E-state index in [0.29, 0.717) is 29.9 Å². The van der Waals surface area contributed by atoms with Gasteiger partial charge in [0.05, 0.1) is 24.4 Å². The van der Waals surface area contributed by atoms with Crippen LogP contribution in [-0.4, -0.2) is 80.9 Å². The standard InChI is InChI=1S/C36H50O10Si/c1-24(25(2)37)17-18-29(44-35(40)26-13-10-9-11-14-26)33-30(45-36(3,4)46-33)16-12-15-27-21-28(42-19-20-47(6,7)8)22-31(43-23-41-5)32(27)34(38)39/h9-15,17-18,21-22,24-25,29-30,33,37H,16,19-20,23H2,1-8H3,(H,38,39)/b15-12+,18-17-/t24-,25+,29?,30+,33?/m1/s1. The fraction of sp³-hybridized carbons (Fsp3) is 0.500. The topological polar surface area (TPSA) is 130 Å². The SMILES string of the molecule is COCOc1cc(OCC[Si](C)(C)C)cc(/C=C/C[C@@H]2OC(C)(C)OC2C(/C=C\[C@@H](C)[C@H](C)O)OC(=O)c2ccccc2)c1C(=O)O. The molecular weight excluding hydrogens is 620 g/mol. The van der Waals surface area contributed by atoms with Gasteiger partial charge in [-0.15, -0.1) is 0 Å². The summed E-state index contributed by atoms with van der Waals surface area (Å²) in [4.78, 5) is 25.5. The van der Waals surface area contributed by atoms with Gasteiger partial charge in [-0.2, -0.15) is 0 Å². The first-order valence-corrected chi connectivity index (χ1v) is 19.6. The second kappa shape index (κ2) is 17.1. The smallest absolute Gasteiger partial charge is 0.340 e. The van der Waals surface area contributed by atoms with Gasteiger partial charge in [-0.3, -0.25) is 0 Å². The van der Waals surface area contributed by atoms with E-state index in [1.165, 1.54) is 7.11 Å². The van der Waals surface area contributed by atoms with E-state index in [1.54, 1.807) is 81.5 Å². The summed E-state index contributed by atoms with van der Waals surface area (Å²) in [6.07, 6.45) is 4.62. The summed E-state index contributed by atoms with van der Waals surface area (Å²) >= 11 is 0. The number of rotatable bonds is 17. The number of methoxy groups -OCH3 is 1. The number of hydrogen-bond acceptors (Lipinski definition) is 9. The van der Waals surface area contributed by atoms with Gasteiger partial charge in [0.1, 0.15) is 29.3 Å². The summed E-state index contributed by atoms with van der Waals surface area (Å²) in [6.45, 7) is 14.3. The summed E-state index contributed by atoms with van der Waals surface area (Å²) in [5.74, 6) is -2.24. The van der Waals surface area contributed by atoms with Crippen molar-refractivity contribution in [2.75, 3.05) is 20.5 Å². The number of aliphatic hydroxyl groups is 1. The molecule has 0 aromatic heterocycles. The quantitative estimate of drug-likeness (QED) is 0.0802. The van der Waals surface area contributed by atoms with E-state index >= 15 is 0 Å². The summed E-state index contributed by atoms with van der Waals surface area (Å²) in [7, 11) is 0.101. The van der Waals surface area contributed by atoms with Gasteiger partial charge in [0.2, 0.25) is 0 Å². The highest BCUT2D eigenvalue weighted by Gasteiger charge is 2.45. The van der Waals surface area contributed by atoms with Crippen LogP contribution in [-0.2, 0) is 18.9 Å². The molecular formula is C36H50O10Si. The molecule has 0 spiro atoms. The number of carboxylic acids is 1. The lowest BCUT2D eigenvalue weighted by atomic mass is 9.99. The zero-order valence-corrected chi connectivity index (χ0v) is 29.7. The lowest BCUT2D eigenvalue weighted by molar-refractivity contribution is -0.152. The monoisotopic (exact) mass is 670 g/mol. The number of benzene rings is 2. The molecule has 1 fully saturated rings. The lowest BCUT2D eigenvalue weighted by Gasteiger charge is -2.25. The average Bonchev–Trinajstić information content (AvgIpc) is 3.31. The number of carbonyl (C=O) groups is 2. The van der Waals surface area contributed by atoms with Crippen LogP contribution in [0.3, 0.4) is 0 Å². The third-order valence-electron chi connectivity index (χ3n) is 7.60. The van der Waals surface area contributed by atoms with Crippen molar-refractivity contribution in [1.82, 2.24) is 0 Å². The molecule has 11 heteroatoms. The number of aliphatic hydroxyl groups excluding tert-OH is 1. The highest BCUT2D eigenvalue weighted by atomic mass is 28.3. The molecule has 258 valence electrons. The van der Waals surface area contributed by atoms with Crippen molar-refractivity contribution in [1.29, 1.82) is 0 Å². The van der Waals surface area contributed by atoms with Crippen LogP contribution in [0.15, 0.2) is 60.7 Å². The largest absolute Gasteiger partial charge is 0.494 e. The van der Waals surface area contributed by atoms with Gasteiger partial charge in [0.15, 0.2) is 12.6 Å². The van der Waals surface area contributed by atoms with Gasteiger partial charge in [-0.25, -0.2) is 9.59 Å². The molecule has 47 heavy (non-hydrogen) atoms. The van der Waals surface area contributed by atoms with Crippen LogP contribution in [0.2, 0.25) is 25.7 Å². The molecule has 2 aromatic rings. The predicted molar refractivity (Wildman–Crippen MR) is 183 cm³/mol. The van der Waals surface area contributed by atoms with Crippen LogP contribution < -0.4 is 9.47 Å². The van der Waals surface area contributed by atoms with Gasteiger partial charge in [-0.1, -0.05) is 63.0 Å². The minimum Gasteiger partial charge on any atom is -0.494 e. The predicted octanol–water partition coefficient (Wildman–Crippen LogP) is 6.81. The summed E-state index contributed by atoms with van der Waals surface area (Å²) < 4.78 is 35.2.